The summed E-state index contributed by atoms with van der Waals surface area (Å²) in [6.07, 6.45) is 1.95. The lowest BCUT2D eigenvalue weighted by Gasteiger charge is -2.06. The van der Waals surface area contributed by atoms with E-state index in [2.05, 4.69) is 12.1 Å². The molecule has 0 aromatic heterocycles. The minimum Gasteiger partial charge on any atom is -0.453 e. The molecule has 76 valence electrons. The molecule has 2 rings (SSSR count). The topological polar surface area (TPSA) is 44.5 Å². The van der Waals surface area contributed by atoms with Crippen LogP contribution in [0.25, 0.3) is 0 Å². The van der Waals surface area contributed by atoms with Crippen LogP contribution in [0, 0.1) is 6.92 Å². The first kappa shape index (κ1) is 9.34. The highest BCUT2D eigenvalue weighted by molar-refractivity contribution is 5.52. The van der Waals surface area contributed by atoms with E-state index in [-0.39, 0.29) is 0 Å². The third-order valence-corrected chi connectivity index (χ3v) is 2.45. The van der Waals surface area contributed by atoms with Gasteiger partial charge in [-0.05, 0) is 37.4 Å². The minimum atomic E-state index is 0.343. The molecule has 0 saturated carbocycles. The Morgan fingerprint density at radius 3 is 2.86 bits per heavy atom. The summed E-state index contributed by atoms with van der Waals surface area (Å²) in [6.45, 7) is 3.08. The van der Waals surface area contributed by atoms with Gasteiger partial charge in [0.2, 0.25) is 6.79 Å². The van der Waals surface area contributed by atoms with Crippen molar-refractivity contribution < 1.29 is 9.47 Å². The van der Waals surface area contributed by atoms with Crippen LogP contribution in [0.3, 0.4) is 0 Å². The van der Waals surface area contributed by atoms with Gasteiger partial charge in [-0.1, -0.05) is 12.1 Å². The Balaban J connectivity index is 2.29. The van der Waals surface area contributed by atoms with E-state index in [1.807, 2.05) is 6.92 Å². The zero-order valence-electron chi connectivity index (χ0n) is 8.38. The Kier molecular flexibility index (Phi) is 2.59. The second-order valence-electron chi connectivity index (χ2n) is 3.50. The van der Waals surface area contributed by atoms with Crippen molar-refractivity contribution in [2.75, 3.05) is 13.3 Å². The second kappa shape index (κ2) is 3.88. The summed E-state index contributed by atoms with van der Waals surface area (Å²) in [5.74, 6) is 1.82. The number of hydrogen-bond acceptors (Lipinski definition) is 3. The molecule has 1 aliphatic heterocycles. The van der Waals surface area contributed by atoms with Crippen molar-refractivity contribution >= 4 is 0 Å². The molecular weight excluding hydrogens is 178 g/mol. The molecule has 1 heterocycles. The van der Waals surface area contributed by atoms with E-state index < -0.39 is 0 Å². The van der Waals surface area contributed by atoms with E-state index in [1.165, 1.54) is 5.56 Å². The van der Waals surface area contributed by atoms with Crippen molar-refractivity contribution in [1.29, 1.82) is 0 Å². The highest BCUT2D eigenvalue weighted by Crippen LogP contribution is 2.38. The van der Waals surface area contributed by atoms with Gasteiger partial charge in [0.15, 0.2) is 11.5 Å². The quantitative estimate of drug-likeness (QED) is 0.793. The van der Waals surface area contributed by atoms with Crippen molar-refractivity contribution in [3.05, 3.63) is 23.3 Å². The van der Waals surface area contributed by atoms with Gasteiger partial charge >= 0.3 is 0 Å². The Bertz CT molecular complexity index is 336. The fourth-order valence-corrected chi connectivity index (χ4v) is 1.68. The first-order chi connectivity index (χ1) is 6.83. The fourth-order valence-electron chi connectivity index (χ4n) is 1.68. The number of benzene rings is 1. The van der Waals surface area contributed by atoms with Gasteiger partial charge in [-0.15, -0.1) is 0 Å². The lowest BCUT2D eigenvalue weighted by Crippen LogP contribution is -2.01. The Hall–Kier alpha value is -1.22. The van der Waals surface area contributed by atoms with Crippen molar-refractivity contribution in [2.24, 2.45) is 5.73 Å². The summed E-state index contributed by atoms with van der Waals surface area (Å²) in [5, 5.41) is 0. The van der Waals surface area contributed by atoms with E-state index in [0.29, 0.717) is 13.3 Å². The number of fused-ring (bicyclic) bond motifs is 1. The zero-order chi connectivity index (χ0) is 9.97. The van der Waals surface area contributed by atoms with Crippen molar-refractivity contribution in [3.8, 4) is 11.5 Å². The minimum absolute atomic E-state index is 0.343. The summed E-state index contributed by atoms with van der Waals surface area (Å²) < 4.78 is 10.8. The van der Waals surface area contributed by atoms with Crippen molar-refractivity contribution in [1.82, 2.24) is 0 Å². The molecule has 0 radical (unpaired) electrons. The van der Waals surface area contributed by atoms with E-state index in [4.69, 9.17) is 15.2 Å². The number of hydrogen-bond donors (Lipinski definition) is 1. The van der Waals surface area contributed by atoms with Gasteiger partial charge in [0.1, 0.15) is 0 Å². The molecule has 0 amide bonds. The predicted molar refractivity (Wildman–Crippen MR) is 54.7 cm³/mol. The molecular formula is C11H15NO2. The maximum absolute atomic E-state index is 5.48. The number of aryl methyl sites for hydroxylation is 2. The molecule has 1 aliphatic rings. The molecule has 1 aromatic carbocycles. The summed E-state index contributed by atoms with van der Waals surface area (Å²) >= 11 is 0. The summed E-state index contributed by atoms with van der Waals surface area (Å²) in [6, 6.07) is 4.16. The Morgan fingerprint density at radius 1 is 1.29 bits per heavy atom. The highest BCUT2D eigenvalue weighted by Gasteiger charge is 2.19. The Labute approximate surface area is 83.8 Å². The average molecular weight is 193 g/mol. The zero-order valence-corrected chi connectivity index (χ0v) is 8.38. The Morgan fingerprint density at radius 2 is 2.07 bits per heavy atom. The van der Waals surface area contributed by atoms with Crippen LogP contribution in [0.1, 0.15) is 17.5 Å². The molecule has 0 aliphatic carbocycles. The molecule has 0 spiro atoms. The van der Waals surface area contributed by atoms with Crippen LogP contribution in [0.5, 0.6) is 11.5 Å². The van der Waals surface area contributed by atoms with Gasteiger partial charge in [-0.3, -0.25) is 0 Å². The fraction of sp³-hybridized carbons (Fsp3) is 0.455. The maximum Gasteiger partial charge on any atom is 0.231 e. The number of ether oxygens (including phenoxy) is 2. The largest absolute Gasteiger partial charge is 0.453 e. The molecule has 0 unspecified atom stereocenters. The lowest BCUT2D eigenvalue weighted by atomic mass is 10.1. The van der Waals surface area contributed by atoms with Gasteiger partial charge in [-0.25, -0.2) is 0 Å². The van der Waals surface area contributed by atoms with Gasteiger partial charge in [0.25, 0.3) is 0 Å². The third-order valence-electron chi connectivity index (χ3n) is 2.45. The molecule has 0 atom stereocenters. The van der Waals surface area contributed by atoms with Crippen molar-refractivity contribution in [3.63, 3.8) is 0 Å². The van der Waals surface area contributed by atoms with Crippen LogP contribution in [0.2, 0.25) is 0 Å². The number of rotatable bonds is 3. The predicted octanol–water partition coefficient (Wildman–Crippen LogP) is 1.62. The van der Waals surface area contributed by atoms with Crippen LogP contribution in [-0.4, -0.2) is 13.3 Å². The molecule has 2 N–H and O–H groups in total. The average Bonchev–Trinajstić information content (AvgIpc) is 2.66. The van der Waals surface area contributed by atoms with E-state index in [0.717, 1.165) is 29.9 Å². The maximum atomic E-state index is 5.48. The van der Waals surface area contributed by atoms with E-state index in [9.17, 15) is 0 Å². The number of nitrogens with two attached hydrogens (primary N) is 1. The normalized spacial score (nSPS) is 13.3. The molecule has 0 fully saturated rings. The van der Waals surface area contributed by atoms with Crippen LogP contribution in [0.15, 0.2) is 12.1 Å². The SMILES string of the molecule is Cc1ccc(CCCN)c2c1OCO2. The first-order valence-corrected chi connectivity index (χ1v) is 4.91. The molecule has 3 nitrogen and oxygen atoms in total. The van der Waals surface area contributed by atoms with Gasteiger partial charge < -0.3 is 15.2 Å². The summed E-state index contributed by atoms with van der Waals surface area (Å²) in [7, 11) is 0. The van der Waals surface area contributed by atoms with Crippen molar-refractivity contribution in [2.45, 2.75) is 19.8 Å². The summed E-state index contributed by atoms with van der Waals surface area (Å²) in [4.78, 5) is 0. The monoisotopic (exact) mass is 193 g/mol. The van der Waals surface area contributed by atoms with E-state index >= 15 is 0 Å². The molecule has 1 aromatic rings. The molecule has 0 bridgehead atoms. The van der Waals surface area contributed by atoms with Gasteiger partial charge in [-0.2, -0.15) is 0 Å². The van der Waals surface area contributed by atoms with Gasteiger partial charge in [0.05, 0.1) is 0 Å². The summed E-state index contributed by atoms with van der Waals surface area (Å²) in [5.41, 5.74) is 7.82. The lowest BCUT2D eigenvalue weighted by molar-refractivity contribution is 0.172. The van der Waals surface area contributed by atoms with Crippen LogP contribution in [0.4, 0.5) is 0 Å². The third kappa shape index (κ3) is 1.55. The van der Waals surface area contributed by atoms with Gasteiger partial charge in [0, 0.05) is 0 Å². The van der Waals surface area contributed by atoms with E-state index in [1.54, 1.807) is 0 Å². The van der Waals surface area contributed by atoms with Crippen LogP contribution >= 0.6 is 0 Å². The first-order valence-electron chi connectivity index (χ1n) is 4.91. The standard InChI is InChI=1S/C11H15NO2/c1-8-4-5-9(3-2-6-12)11-10(8)13-7-14-11/h4-5H,2-3,6-7,12H2,1H3. The smallest absolute Gasteiger partial charge is 0.231 e. The molecule has 0 saturated heterocycles. The second-order valence-corrected chi connectivity index (χ2v) is 3.50. The molecule has 14 heavy (non-hydrogen) atoms. The van der Waals surface area contributed by atoms with Crippen LogP contribution < -0.4 is 15.2 Å². The van der Waals surface area contributed by atoms with Crippen LogP contribution in [-0.2, 0) is 6.42 Å². The highest BCUT2D eigenvalue weighted by atomic mass is 16.7. The molecule has 3 heteroatoms.